The number of alkyl halides is 3. The van der Waals surface area contributed by atoms with E-state index < -0.39 is 23.5 Å². The lowest BCUT2D eigenvalue weighted by atomic mass is 10.1. The Morgan fingerprint density at radius 3 is 2.46 bits per heavy atom. The van der Waals surface area contributed by atoms with Crippen molar-refractivity contribution in [1.82, 2.24) is 4.57 Å². The minimum absolute atomic E-state index is 0.248. The van der Waals surface area contributed by atoms with Gasteiger partial charge in [0.15, 0.2) is 5.82 Å². The maximum atomic E-state index is 14.4. The van der Waals surface area contributed by atoms with Crippen LogP contribution in [-0.2, 0) is 10.9 Å². The maximum absolute atomic E-state index is 14.4. The van der Waals surface area contributed by atoms with Gasteiger partial charge in [0.05, 0.1) is 29.4 Å². The van der Waals surface area contributed by atoms with Crippen molar-refractivity contribution in [2.24, 2.45) is 0 Å². The molecule has 1 heterocycles. The van der Waals surface area contributed by atoms with E-state index in [-0.39, 0.29) is 11.3 Å². The van der Waals surface area contributed by atoms with E-state index in [2.05, 4.69) is 4.74 Å². The zero-order valence-electron chi connectivity index (χ0n) is 12.4. The number of aromatic nitrogens is 1. The van der Waals surface area contributed by atoms with E-state index in [0.29, 0.717) is 17.0 Å². The molecule has 3 rings (SSSR count). The number of nitrogens with zero attached hydrogens (tertiary/aromatic N) is 1. The second-order valence-corrected chi connectivity index (χ2v) is 5.05. The highest BCUT2D eigenvalue weighted by Gasteiger charge is 2.35. The molecule has 0 radical (unpaired) electrons. The van der Waals surface area contributed by atoms with E-state index in [1.165, 1.54) is 36.1 Å². The van der Waals surface area contributed by atoms with E-state index in [1.54, 1.807) is 12.1 Å². The van der Waals surface area contributed by atoms with Crippen molar-refractivity contribution < 1.29 is 27.1 Å². The fourth-order valence-electron chi connectivity index (χ4n) is 2.59. The molecule has 0 N–H and O–H groups in total. The van der Waals surface area contributed by atoms with Crippen LogP contribution in [0.2, 0.25) is 0 Å². The van der Waals surface area contributed by atoms with Gasteiger partial charge in [-0.3, -0.25) is 0 Å². The van der Waals surface area contributed by atoms with Gasteiger partial charge in [0.25, 0.3) is 0 Å². The van der Waals surface area contributed by atoms with Crippen LogP contribution >= 0.6 is 0 Å². The highest BCUT2D eigenvalue weighted by atomic mass is 19.4. The van der Waals surface area contributed by atoms with E-state index in [1.807, 2.05) is 0 Å². The van der Waals surface area contributed by atoms with Gasteiger partial charge in [-0.1, -0.05) is 12.1 Å². The lowest BCUT2D eigenvalue weighted by Gasteiger charge is -2.13. The van der Waals surface area contributed by atoms with E-state index in [0.717, 1.165) is 6.07 Å². The average Bonchev–Trinajstić information content (AvgIpc) is 2.97. The predicted molar refractivity (Wildman–Crippen MR) is 79.6 cm³/mol. The Balaban J connectivity index is 2.24. The van der Waals surface area contributed by atoms with Crippen LogP contribution in [0.3, 0.4) is 0 Å². The average molecular weight is 337 g/mol. The summed E-state index contributed by atoms with van der Waals surface area (Å²) in [6, 6.07) is 9.26. The number of hydrogen-bond donors (Lipinski definition) is 0. The van der Waals surface area contributed by atoms with Gasteiger partial charge in [0.2, 0.25) is 0 Å². The summed E-state index contributed by atoms with van der Waals surface area (Å²) in [5.41, 5.74) is -0.940. The summed E-state index contributed by atoms with van der Waals surface area (Å²) in [5, 5.41) is 0.459. The number of ether oxygens (including phenoxy) is 1. The van der Waals surface area contributed by atoms with E-state index in [9.17, 15) is 22.4 Å². The number of methoxy groups -OCH3 is 1. The van der Waals surface area contributed by atoms with Crippen molar-refractivity contribution in [3.63, 3.8) is 0 Å². The molecule has 0 aliphatic carbocycles. The van der Waals surface area contributed by atoms with Crippen LogP contribution in [0.1, 0.15) is 15.9 Å². The summed E-state index contributed by atoms with van der Waals surface area (Å²) in [5.74, 6) is -1.95. The van der Waals surface area contributed by atoms with Crippen LogP contribution in [0.25, 0.3) is 16.6 Å². The van der Waals surface area contributed by atoms with Crippen molar-refractivity contribution >= 4 is 16.9 Å². The molecule has 0 aliphatic rings. The number of benzene rings is 2. The van der Waals surface area contributed by atoms with Crippen molar-refractivity contribution in [2.45, 2.75) is 6.18 Å². The molecule has 1 aromatic heterocycles. The van der Waals surface area contributed by atoms with Crippen LogP contribution < -0.4 is 0 Å². The number of fused-ring (bicyclic) bond motifs is 1. The van der Waals surface area contributed by atoms with Crippen molar-refractivity contribution in [2.75, 3.05) is 7.11 Å². The van der Waals surface area contributed by atoms with Crippen LogP contribution in [0.4, 0.5) is 17.6 Å². The number of halogens is 4. The Labute approximate surface area is 134 Å². The summed E-state index contributed by atoms with van der Waals surface area (Å²) < 4.78 is 59.0. The number of carbonyl (C=O) groups excluding carboxylic acids is 1. The summed E-state index contributed by atoms with van der Waals surface area (Å²) >= 11 is 0. The molecule has 124 valence electrons. The van der Waals surface area contributed by atoms with E-state index >= 15 is 0 Å². The van der Waals surface area contributed by atoms with Crippen molar-refractivity contribution in [1.29, 1.82) is 0 Å². The number of esters is 1. The minimum atomic E-state index is -4.79. The smallest absolute Gasteiger partial charge is 0.419 e. The van der Waals surface area contributed by atoms with Crippen molar-refractivity contribution in [3.05, 3.63) is 65.6 Å². The summed E-state index contributed by atoms with van der Waals surface area (Å²) in [6.45, 7) is 0. The zero-order chi connectivity index (χ0) is 17.5. The van der Waals surface area contributed by atoms with Crippen LogP contribution in [0.5, 0.6) is 0 Å². The number of carbonyl (C=O) groups is 1. The Morgan fingerprint density at radius 2 is 1.79 bits per heavy atom. The lowest BCUT2D eigenvalue weighted by Crippen LogP contribution is -2.10. The molecular weight excluding hydrogens is 326 g/mol. The monoisotopic (exact) mass is 337 g/mol. The Morgan fingerprint density at radius 1 is 1.08 bits per heavy atom. The molecule has 0 aliphatic heterocycles. The van der Waals surface area contributed by atoms with Gasteiger partial charge in [-0.15, -0.1) is 0 Å². The molecule has 24 heavy (non-hydrogen) atoms. The number of hydrogen-bond acceptors (Lipinski definition) is 2. The Kier molecular flexibility index (Phi) is 3.79. The molecule has 0 bridgehead atoms. The zero-order valence-corrected chi connectivity index (χ0v) is 12.4. The maximum Gasteiger partial charge on any atom is 0.419 e. The second kappa shape index (κ2) is 5.67. The third kappa shape index (κ3) is 2.51. The fraction of sp³-hybridized carbons (Fsp3) is 0.118. The summed E-state index contributed by atoms with van der Waals surface area (Å²) in [7, 11) is 1.23. The molecule has 3 nitrogen and oxygen atoms in total. The lowest BCUT2D eigenvalue weighted by molar-refractivity contribution is -0.140. The molecular formula is C17H11F4NO2. The first-order valence-corrected chi connectivity index (χ1v) is 6.89. The van der Waals surface area contributed by atoms with Crippen LogP contribution in [0.15, 0.2) is 48.7 Å². The van der Waals surface area contributed by atoms with Gasteiger partial charge in [-0.25, -0.2) is 9.18 Å². The standard InChI is InChI=1S/C17H11F4NO2/c1-24-16(23)11-4-2-6-13-10(11)8-9-22(13)14-7-3-5-12(15(14)18)17(19,20)21/h2-9H,1H3. The van der Waals surface area contributed by atoms with E-state index in [4.69, 9.17) is 0 Å². The van der Waals surface area contributed by atoms with Gasteiger partial charge in [0.1, 0.15) is 0 Å². The van der Waals surface area contributed by atoms with Gasteiger partial charge in [0, 0.05) is 11.6 Å². The normalized spacial score (nSPS) is 11.7. The third-order valence-electron chi connectivity index (χ3n) is 3.68. The first kappa shape index (κ1) is 16.0. The number of rotatable bonds is 2. The molecule has 7 heteroatoms. The molecule has 0 atom stereocenters. The van der Waals surface area contributed by atoms with Crippen LogP contribution in [-0.4, -0.2) is 17.6 Å². The quantitative estimate of drug-likeness (QED) is 0.506. The Bertz CT molecular complexity index is 928. The minimum Gasteiger partial charge on any atom is -0.465 e. The SMILES string of the molecule is COC(=O)c1cccc2c1ccn2-c1cccc(C(F)(F)F)c1F. The Hall–Kier alpha value is -2.83. The summed E-state index contributed by atoms with van der Waals surface area (Å²) in [4.78, 5) is 11.8. The molecule has 0 unspecified atom stereocenters. The van der Waals surface area contributed by atoms with Crippen LogP contribution in [0, 0.1) is 5.82 Å². The highest BCUT2D eigenvalue weighted by molar-refractivity contribution is 6.04. The largest absolute Gasteiger partial charge is 0.465 e. The van der Waals surface area contributed by atoms with Gasteiger partial charge in [-0.05, 0) is 30.3 Å². The van der Waals surface area contributed by atoms with Gasteiger partial charge >= 0.3 is 12.1 Å². The molecule has 0 saturated carbocycles. The molecule has 2 aromatic carbocycles. The summed E-state index contributed by atoms with van der Waals surface area (Å²) in [6.07, 6.45) is -3.38. The molecule has 0 spiro atoms. The molecule has 3 aromatic rings. The second-order valence-electron chi connectivity index (χ2n) is 5.05. The van der Waals surface area contributed by atoms with Gasteiger partial charge in [-0.2, -0.15) is 13.2 Å². The molecule has 0 saturated heterocycles. The molecule has 0 fully saturated rings. The van der Waals surface area contributed by atoms with Crippen molar-refractivity contribution in [3.8, 4) is 5.69 Å². The first-order chi connectivity index (χ1) is 11.3. The highest BCUT2D eigenvalue weighted by Crippen LogP contribution is 2.34. The molecule has 0 amide bonds. The van der Waals surface area contributed by atoms with Gasteiger partial charge < -0.3 is 9.30 Å². The fourth-order valence-corrected chi connectivity index (χ4v) is 2.59. The third-order valence-corrected chi connectivity index (χ3v) is 3.68. The topological polar surface area (TPSA) is 31.2 Å². The first-order valence-electron chi connectivity index (χ1n) is 6.89. The predicted octanol–water partition coefficient (Wildman–Crippen LogP) is 4.58.